The number of nitrogens with one attached hydrogen (secondary N) is 2. The van der Waals surface area contributed by atoms with Crippen LogP contribution >= 0.6 is 22.6 Å². The zero-order valence-electron chi connectivity index (χ0n) is 26.4. The number of hydrogen-bond donors (Lipinski definition) is 3. The number of rotatable bonds is 4. The van der Waals surface area contributed by atoms with Gasteiger partial charge < -0.3 is 30.1 Å². The van der Waals surface area contributed by atoms with E-state index in [1.807, 2.05) is 35.6 Å². The summed E-state index contributed by atoms with van der Waals surface area (Å²) in [5.74, 6) is -1.98. The van der Waals surface area contributed by atoms with Crippen LogP contribution < -0.4 is 10.6 Å². The Morgan fingerprint density at radius 2 is 1.80 bits per heavy atom. The maximum atomic E-state index is 14.1. The topological polar surface area (TPSA) is 134 Å². The number of aromatic hydroxyl groups is 1. The van der Waals surface area contributed by atoms with Crippen LogP contribution in [0.2, 0.25) is 0 Å². The van der Waals surface area contributed by atoms with Crippen LogP contribution in [0.1, 0.15) is 64.0 Å². The minimum atomic E-state index is -1.11. The van der Waals surface area contributed by atoms with Crippen molar-refractivity contribution in [1.82, 2.24) is 15.5 Å². The fourth-order valence-electron chi connectivity index (χ4n) is 4.95. The molecule has 0 aliphatic carbocycles. The number of methoxy groups -OCH3 is 1. The molecule has 10 nitrogen and oxygen atoms in total. The van der Waals surface area contributed by atoms with Gasteiger partial charge in [-0.1, -0.05) is 48.0 Å². The lowest BCUT2D eigenvalue weighted by molar-refractivity contribution is -0.146. The number of esters is 1. The smallest absolute Gasteiger partial charge is 0.359 e. The molecule has 1 aliphatic heterocycles. The Labute approximate surface area is 278 Å². The van der Waals surface area contributed by atoms with Gasteiger partial charge in [0, 0.05) is 25.5 Å². The molecule has 3 amide bonds. The summed E-state index contributed by atoms with van der Waals surface area (Å²) in [6, 6.07) is 11.7. The number of phenols is 1. The lowest BCUT2D eigenvalue weighted by atomic mass is 10.0. The van der Waals surface area contributed by atoms with Crippen LogP contribution in [-0.4, -0.2) is 66.0 Å². The number of halogens is 1. The van der Waals surface area contributed by atoms with E-state index >= 15 is 0 Å². The van der Waals surface area contributed by atoms with Gasteiger partial charge in [-0.05, 0) is 86.7 Å². The van der Waals surface area contributed by atoms with Crippen molar-refractivity contribution >= 4 is 52.0 Å². The molecule has 2 aromatic rings. The molecular weight excluding hydrogens is 689 g/mol. The minimum absolute atomic E-state index is 0.0579. The number of allylic oxidation sites excluding steroid dienone is 2. The molecule has 0 aromatic heterocycles. The molecule has 11 heteroatoms. The van der Waals surface area contributed by atoms with Crippen LogP contribution in [0.4, 0.5) is 0 Å². The molecular formula is C34H42IN3O7. The molecule has 0 radical (unpaired) electrons. The zero-order valence-corrected chi connectivity index (χ0v) is 28.6. The number of benzene rings is 2. The van der Waals surface area contributed by atoms with Gasteiger partial charge in [-0.3, -0.25) is 14.4 Å². The van der Waals surface area contributed by atoms with Gasteiger partial charge in [0.05, 0.1) is 16.8 Å². The first kappa shape index (κ1) is 35.6. The summed E-state index contributed by atoms with van der Waals surface area (Å²) < 4.78 is 12.0. The highest BCUT2D eigenvalue weighted by Crippen LogP contribution is 2.24. The van der Waals surface area contributed by atoms with Crippen LogP contribution in [0.5, 0.6) is 5.75 Å². The lowest BCUT2D eigenvalue weighted by Crippen LogP contribution is -2.54. The van der Waals surface area contributed by atoms with Gasteiger partial charge in [-0.15, -0.1) is 0 Å². The molecule has 3 rings (SSSR count). The van der Waals surface area contributed by atoms with E-state index in [0.29, 0.717) is 40.4 Å². The molecule has 2 aromatic carbocycles. The first-order valence-electron chi connectivity index (χ1n) is 15.0. The second kappa shape index (κ2) is 17.0. The third kappa shape index (κ3) is 10.3. The van der Waals surface area contributed by atoms with E-state index in [1.165, 1.54) is 25.1 Å². The van der Waals surface area contributed by atoms with Crippen molar-refractivity contribution in [2.75, 3.05) is 14.2 Å². The van der Waals surface area contributed by atoms with Crippen molar-refractivity contribution in [2.45, 2.75) is 77.5 Å². The Balaban J connectivity index is 2.09. The molecule has 1 aliphatic rings. The van der Waals surface area contributed by atoms with E-state index in [-0.39, 0.29) is 36.0 Å². The number of hydrogen-bond acceptors (Lipinski definition) is 7. The maximum Gasteiger partial charge on any atom is 0.359 e. The number of nitrogens with zero attached hydrogens (tertiary/aromatic N) is 1. The quantitative estimate of drug-likeness (QED) is 0.135. The highest BCUT2D eigenvalue weighted by molar-refractivity contribution is 14.1. The lowest BCUT2D eigenvalue weighted by Gasteiger charge is -2.30. The van der Waals surface area contributed by atoms with Crippen LogP contribution in [-0.2, 0) is 35.1 Å². The number of amides is 3. The highest BCUT2D eigenvalue weighted by Gasteiger charge is 2.33. The molecule has 45 heavy (non-hydrogen) atoms. The van der Waals surface area contributed by atoms with E-state index in [2.05, 4.69) is 16.7 Å². The zero-order chi connectivity index (χ0) is 33.1. The predicted octanol–water partition coefficient (Wildman–Crippen LogP) is 4.84. The van der Waals surface area contributed by atoms with Gasteiger partial charge >= 0.3 is 5.97 Å². The van der Waals surface area contributed by atoms with Gasteiger partial charge in [0.1, 0.15) is 17.8 Å². The highest BCUT2D eigenvalue weighted by atomic mass is 127. The Morgan fingerprint density at radius 3 is 2.47 bits per heavy atom. The molecule has 0 spiro atoms. The first-order valence-corrected chi connectivity index (χ1v) is 16.0. The molecule has 3 unspecified atom stereocenters. The second-order valence-corrected chi connectivity index (χ2v) is 12.4. The van der Waals surface area contributed by atoms with Gasteiger partial charge in [-0.25, -0.2) is 4.79 Å². The summed E-state index contributed by atoms with van der Waals surface area (Å²) in [7, 11) is 2.88. The van der Waals surface area contributed by atoms with Crippen molar-refractivity contribution < 1.29 is 33.8 Å². The number of phenolic OH excluding ortho intramolecular Hbond substituents is 1. The van der Waals surface area contributed by atoms with Crippen LogP contribution in [0.15, 0.2) is 65.9 Å². The van der Waals surface area contributed by atoms with Gasteiger partial charge in [-0.2, -0.15) is 0 Å². The molecule has 3 atom stereocenters. The summed E-state index contributed by atoms with van der Waals surface area (Å²) in [4.78, 5) is 55.3. The monoisotopic (exact) mass is 731 g/mol. The molecule has 242 valence electrons. The number of likely N-dealkylation sites (N-methyl/N-ethyl adjacent to an activating group) is 1. The number of cyclic esters (lactones) is 1. The standard InChI is InChI=1S/C34H42IN3O7/c1-21-11-9-10-14-29(40)36-23(3)33(42)38(4)27(20-24-17-18-28(39)26(35)19-24)32(41)37-30(34(43)45-22(2)16-15-21)31(44-5)25-12-7-6-8-13-25/h6-8,11-13,17-19,22-23,27,39H,9-10,14-16,20H2,1-5H3,(H,36,40)(H,37,41)/b21-11+,31-30+. The van der Waals surface area contributed by atoms with Crippen molar-refractivity contribution in [3.63, 3.8) is 0 Å². The maximum absolute atomic E-state index is 14.1. The summed E-state index contributed by atoms with van der Waals surface area (Å²) in [5.41, 5.74) is 2.13. The van der Waals surface area contributed by atoms with E-state index in [9.17, 15) is 24.3 Å². The molecule has 3 N–H and O–H groups in total. The van der Waals surface area contributed by atoms with E-state index in [4.69, 9.17) is 9.47 Å². The van der Waals surface area contributed by atoms with E-state index in [1.54, 1.807) is 50.2 Å². The van der Waals surface area contributed by atoms with E-state index < -0.39 is 36.0 Å². The van der Waals surface area contributed by atoms with Crippen molar-refractivity contribution in [2.24, 2.45) is 0 Å². The normalized spacial score (nSPS) is 23.7. The number of carbonyl (C=O) groups is 4. The van der Waals surface area contributed by atoms with E-state index in [0.717, 1.165) is 5.57 Å². The largest absolute Gasteiger partial charge is 0.507 e. The van der Waals surface area contributed by atoms with Gasteiger partial charge in [0.25, 0.3) is 0 Å². The molecule has 0 saturated heterocycles. The second-order valence-electron chi connectivity index (χ2n) is 11.2. The van der Waals surface area contributed by atoms with Crippen LogP contribution in [0.3, 0.4) is 0 Å². The Kier molecular flexibility index (Phi) is 13.4. The summed E-state index contributed by atoms with van der Waals surface area (Å²) in [6.45, 7) is 5.35. The Bertz CT molecular complexity index is 1440. The van der Waals surface area contributed by atoms with Crippen molar-refractivity contribution in [3.05, 3.63) is 80.6 Å². The number of ether oxygens (including phenoxy) is 2. The van der Waals surface area contributed by atoms with Crippen LogP contribution in [0, 0.1) is 3.57 Å². The SMILES string of the molecule is CO/C(=C1/NC(=O)C(Cc2ccc(O)c(I)c2)N(C)C(=O)C(C)NC(=O)CCC/C=C(\C)CCC(C)OC1=O)c1ccccc1. The minimum Gasteiger partial charge on any atom is -0.507 e. The van der Waals surface area contributed by atoms with Gasteiger partial charge in [0.15, 0.2) is 11.5 Å². The van der Waals surface area contributed by atoms with Crippen LogP contribution in [0.25, 0.3) is 5.76 Å². The van der Waals surface area contributed by atoms with Crippen molar-refractivity contribution in [3.8, 4) is 5.75 Å². The molecule has 0 fully saturated rings. The van der Waals surface area contributed by atoms with Gasteiger partial charge in [0.2, 0.25) is 17.7 Å². The number of carbonyl (C=O) groups excluding carboxylic acids is 4. The fraction of sp³-hybridized carbons (Fsp3) is 0.412. The Morgan fingerprint density at radius 1 is 1.09 bits per heavy atom. The summed E-state index contributed by atoms with van der Waals surface area (Å²) >= 11 is 1.98. The average molecular weight is 732 g/mol. The Hall–Kier alpha value is -3.87. The van der Waals surface area contributed by atoms with Crippen molar-refractivity contribution in [1.29, 1.82) is 0 Å². The third-order valence-corrected chi connectivity index (χ3v) is 8.44. The fourth-order valence-corrected chi connectivity index (χ4v) is 5.53. The summed E-state index contributed by atoms with van der Waals surface area (Å²) in [5, 5.41) is 15.5. The third-order valence-electron chi connectivity index (χ3n) is 7.58. The average Bonchev–Trinajstić information content (AvgIpc) is 3.01. The molecule has 0 bridgehead atoms. The molecule has 1 heterocycles. The predicted molar refractivity (Wildman–Crippen MR) is 180 cm³/mol. The summed E-state index contributed by atoms with van der Waals surface area (Å²) in [6.07, 6.45) is 4.45. The molecule has 0 saturated carbocycles. The first-order chi connectivity index (χ1) is 21.4.